The maximum atomic E-state index is 12.4. The van der Waals surface area contributed by atoms with Crippen LogP contribution in [-0.2, 0) is 9.59 Å². The van der Waals surface area contributed by atoms with Gasteiger partial charge in [0.2, 0.25) is 11.8 Å². The van der Waals surface area contributed by atoms with E-state index in [4.69, 9.17) is 11.5 Å². The number of primary amides is 1. The largest absolute Gasteiger partial charge is 0.369 e. The Morgan fingerprint density at radius 2 is 1.89 bits per heavy atom. The zero-order valence-electron chi connectivity index (χ0n) is 11.7. The van der Waals surface area contributed by atoms with E-state index in [1.165, 1.54) is 0 Å². The van der Waals surface area contributed by atoms with Gasteiger partial charge < -0.3 is 16.4 Å². The van der Waals surface area contributed by atoms with Gasteiger partial charge in [0.25, 0.3) is 0 Å². The Labute approximate surface area is 114 Å². The number of nitrogens with two attached hydrogens (primary N) is 2. The van der Waals surface area contributed by atoms with E-state index in [9.17, 15) is 9.59 Å². The van der Waals surface area contributed by atoms with Crippen LogP contribution in [0.15, 0.2) is 0 Å². The van der Waals surface area contributed by atoms with Gasteiger partial charge in [-0.05, 0) is 32.6 Å². The summed E-state index contributed by atoms with van der Waals surface area (Å²) in [6, 6.07) is 0.188. The van der Waals surface area contributed by atoms with Gasteiger partial charge >= 0.3 is 0 Å². The van der Waals surface area contributed by atoms with Gasteiger partial charge in [-0.25, -0.2) is 0 Å². The summed E-state index contributed by atoms with van der Waals surface area (Å²) in [5, 5.41) is 0. The van der Waals surface area contributed by atoms with Crippen molar-refractivity contribution in [1.29, 1.82) is 0 Å². The van der Waals surface area contributed by atoms with Crippen LogP contribution in [0.4, 0.5) is 0 Å². The van der Waals surface area contributed by atoms with Gasteiger partial charge in [0.15, 0.2) is 0 Å². The lowest BCUT2D eigenvalue weighted by molar-refractivity contribution is -0.138. The Kier molecular flexibility index (Phi) is 4.13. The Morgan fingerprint density at radius 3 is 2.47 bits per heavy atom. The van der Waals surface area contributed by atoms with Crippen LogP contribution in [-0.4, -0.2) is 34.8 Å². The number of carbonyl (C=O) groups excluding carboxylic acids is 2. The fourth-order valence-electron chi connectivity index (χ4n) is 3.35. The van der Waals surface area contributed by atoms with Crippen molar-refractivity contribution in [3.05, 3.63) is 0 Å². The molecule has 108 valence electrons. The topological polar surface area (TPSA) is 89.4 Å². The van der Waals surface area contributed by atoms with Crippen LogP contribution in [0.2, 0.25) is 0 Å². The van der Waals surface area contributed by atoms with Crippen molar-refractivity contribution in [3.8, 4) is 0 Å². The summed E-state index contributed by atoms with van der Waals surface area (Å²) in [6.45, 7) is 2.50. The van der Waals surface area contributed by atoms with Crippen LogP contribution in [0, 0.1) is 5.92 Å². The molecule has 0 aromatic carbocycles. The monoisotopic (exact) mass is 267 g/mol. The fraction of sp³-hybridized carbons (Fsp3) is 0.857. The molecule has 0 aromatic heterocycles. The molecule has 0 radical (unpaired) electrons. The molecule has 1 saturated heterocycles. The van der Waals surface area contributed by atoms with E-state index >= 15 is 0 Å². The molecule has 1 aliphatic carbocycles. The number of hydrogen-bond acceptors (Lipinski definition) is 3. The lowest BCUT2D eigenvalue weighted by Gasteiger charge is -2.38. The average molecular weight is 267 g/mol. The first kappa shape index (κ1) is 14.3. The first-order chi connectivity index (χ1) is 8.91. The maximum absolute atomic E-state index is 12.4. The van der Waals surface area contributed by atoms with Gasteiger partial charge in [0.05, 0.1) is 5.92 Å². The van der Waals surface area contributed by atoms with Crippen LogP contribution in [0.5, 0.6) is 0 Å². The minimum absolute atomic E-state index is 0.0860. The Hall–Kier alpha value is -1.10. The fourth-order valence-corrected chi connectivity index (χ4v) is 3.35. The minimum Gasteiger partial charge on any atom is -0.369 e. The number of piperidine rings is 1. The minimum atomic E-state index is -0.323. The third-order valence-electron chi connectivity index (χ3n) is 4.71. The molecular weight excluding hydrogens is 242 g/mol. The summed E-state index contributed by atoms with van der Waals surface area (Å²) >= 11 is 0. The summed E-state index contributed by atoms with van der Waals surface area (Å²) < 4.78 is 0. The molecule has 0 aromatic rings. The lowest BCUT2D eigenvalue weighted by atomic mass is 9.90. The number of rotatable bonds is 3. The third-order valence-corrected chi connectivity index (χ3v) is 4.71. The highest BCUT2D eigenvalue weighted by Gasteiger charge is 2.37. The van der Waals surface area contributed by atoms with Gasteiger partial charge in [-0.15, -0.1) is 0 Å². The van der Waals surface area contributed by atoms with Crippen molar-refractivity contribution in [2.24, 2.45) is 17.4 Å². The van der Waals surface area contributed by atoms with E-state index in [0.29, 0.717) is 13.0 Å². The van der Waals surface area contributed by atoms with Gasteiger partial charge in [-0.2, -0.15) is 0 Å². The van der Waals surface area contributed by atoms with Crippen LogP contribution >= 0.6 is 0 Å². The highest BCUT2D eigenvalue weighted by Crippen LogP contribution is 2.32. The SMILES string of the molecule is CC1CCC(C(N)=O)CN1C(=O)CC1(N)CCCC1. The number of likely N-dealkylation sites (tertiary alicyclic amines) is 1. The second-order valence-corrected chi connectivity index (χ2v) is 6.32. The van der Waals surface area contributed by atoms with Crippen molar-refractivity contribution in [1.82, 2.24) is 4.90 Å². The molecule has 0 bridgehead atoms. The first-order valence-electron chi connectivity index (χ1n) is 7.29. The van der Waals surface area contributed by atoms with Crippen LogP contribution in [0.3, 0.4) is 0 Å². The highest BCUT2D eigenvalue weighted by molar-refractivity contribution is 5.81. The molecule has 5 heteroatoms. The second-order valence-electron chi connectivity index (χ2n) is 6.32. The van der Waals surface area contributed by atoms with E-state index in [0.717, 1.165) is 38.5 Å². The molecule has 2 rings (SSSR count). The molecule has 1 heterocycles. The Morgan fingerprint density at radius 1 is 1.26 bits per heavy atom. The van der Waals surface area contributed by atoms with E-state index in [1.54, 1.807) is 0 Å². The molecule has 19 heavy (non-hydrogen) atoms. The molecule has 2 aliphatic rings. The van der Waals surface area contributed by atoms with Crippen molar-refractivity contribution in [2.45, 2.75) is 63.5 Å². The van der Waals surface area contributed by atoms with Crippen molar-refractivity contribution < 1.29 is 9.59 Å². The Balaban J connectivity index is 1.98. The summed E-state index contributed by atoms with van der Waals surface area (Å²) in [5.74, 6) is -0.409. The quantitative estimate of drug-likeness (QED) is 0.791. The predicted octanol–water partition coefficient (Wildman–Crippen LogP) is 0.760. The summed E-state index contributed by atoms with van der Waals surface area (Å²) in [7, 11) is 0. The second kappa shape index (κ2) is 5.49. The molecular formula is C14H25N3O2. The van der Waals surface area contributed by atoms with Crippen LogP contribution in [0.25, 0.3) is 0 Å². The van der Waals surface area contributed by atoms with Crippen molar-refractivity contribution >= 4 is 11.8 Å². The van der Waals surface area contributed by atoms with Gasteiger partial charge in [-0.3, -0.25) is 9.59 Å². The van der Waals surface area contributed by atoms with E-state index in [2.05, 4.69) is 0 Å². The van der Waals surface area contributed by atoms with E-state index in [1.807, 2.05) is 11.8 Å². The zero-order chi connectivity index (χ0) is 14.0. The summed E-state index contributed by atoms with van der Waals surface area (Å²) in [6.07, 6.45) is 6.13. The third kappa shape index (κ3) is 3.26. The summed E-state index contributed by atoms with van der Waals surface area (Å²) in [4.78, 5) is 25.5. The lowest BCUT2D eigenvalue weighted by Crippen LogP contribution is -2.51. The Bertz CT molecular complexity index is 364. The number of hydrogen-bond donors (Lipinski definition) is 2. The smallest absolute Gasteiger partial charge is 0.224 e. The van der Waals surface area contributed by atoms with Crippen molar-refractivity contribution in [2.75, 3.05) is 6.54 Å². The standard InChI is InChI=1S/C14H25N3O2/c1-10-4-5-11(13(15)19)9-17(10)12(18)8-14(16)6-2-3-7-14/h10-11H,2-9,16H2,1H3,(H2,15,19). The van der Waals surface area contributed by atoms with E-state index in [-0.39, 0.29) is 29.3 Å². The van der Waals surface area contributed by atoms with Gasteiger partial charge in [0.1, 0.15) is 0 Å². The average Bonchev–Trinajstić information content (AvgIpc) is 2.75. The van der Waals surface area contributed by atoms with Gasteiger partial charge in [0, 0.05) is 24.5 Å². The summed E-state index contributed by atoms with van der Waals surface area (Å²) in [5.41, 5.74) is 11.3. The van der Waals surface area contributed by atoms with Crippen LogP contribution < -0.4 is 11.5 Å². The molecule has 0 spiro atoms. The predicted molar refractivity (Wildman–Crippen MR) is 73.1 cm³/mol. The molecule has 1 saturated carbocycles. The van der Waals surface area contributed by atoms with Crippen molar-refractivity contribution in [3.63, 3.8) is 0 Å². The molecule has 4 N–H and O–H groups in total. The molecule has 2 unspecified atom stereocenters. The van der Waals surface area contributed by atoms with E-state index < -0.39 is 0 Å². The number of carbonyl (C=O) groups is 2. The number of nitrogens with zero attached hydrogens (tertiary/aromatic N) is 1. The zero-order valence-corrected chi connectivity index (χ0v) is 11.7. The molecule has 2 atom stereocenters. The first-order valence-corrected chi connectivity index (χ1v) is 7.29. The maximum Gasteiger partial charge on any atom is 0.224 e. The molecule has 5 nitrogen and oxygen atoms in total. The highest BCUT2D eigenvalue weighted by atomic mass is 16.2. The molecule has 1 aliphatic heterocycles. The van der Waals surface area contributed by atoms with Crippen LogP contribution in [0.1, 0.15) is 51.9 Å². The number of amides is 2. The molecule has 2 amide bonds. The molecule has 2 fully saturated rings. The van der Waals surface area contributed by atoms with Gasteiger partial charge in [-0.1, -0.05) is 12.8 Å². The normalized spacial score (nSPS) is 30.3.